The van der Waals surface area contributed by atoms with E-state index in [4.69, 9.17) is 5.11 Å². The number of nitro groups is 1. The quantitative estimate of drug-likeness (QED) is 0.652. The highest BCUT2D eigenvalue weighted by Gasteiger charge is 2.18. The van der Waals surface area contributed by atoms with Crippen LogP contribution in [0.5, 0.6) is 0 Å². The van der Waals surface area contributed by atoms with Gasteiger partial charge in [0.2, 0.25) is 0 Å². The zero-order chi connectivity index (χ0) is 13.3. The minimum absolute atomic E-state index is 0.0347. The summed E-state index contributed by atoms with van der Waals surface area (Å²) in [7, 11) is 0. The second-order valence-corrected chi connectivity index (χ2v) is 3.99. The number of nitro benzene ring substituents is 1. The topological polar surface area (TPSA) is 94.1 Å². The van der Waals surface area contributed by atoms with Gasteiger partial charge >= 0.3 is 0 Å². The highest BCUT2D eigenvalue weighted by Crippen LogP contribution is 2.26. The monoisotopic (exact) mass is 248 g/mol. The zero-order valence-electron chi connectivity index (χ0n) is 9.99. The van der Waals surface area contributed by atoms with E-state index in [1.807, 2.05) is 13.8 Å². The van der Waals surface area contributed by atoms with Crippen LogP contribution < -0.4 is 0 Å². The van der Waals surface area contributed by atoms with Crippen LogP contribution in [0.1, 0.15) is 16.8 Å². The lowest BCUT2D eigenvalue weighted by Gasteiger charge is -2.06. The molecular formula is C11H12N4O3. The molecule has 18 heavy (non-hydrogen) atoms. The van der Waals surface area contributed by atoms with Gasteiger partial charge in [-0.05, 0) is 31.0 Å². The van der Waals surface area contributed by atoms with Crippen LogP contribution in [0.15, 0.2) is 18.3 Å². The van der Waals surface area contributed by atoms with Crippen LogP contribution in [-0.2, 0) is 6.61 Å². The molecule has 1 aromatic carbocycles. The van der Waals surface area contributed by atoms with Crippen LogP contribution in [0.2, 0.25) is 0 Å². The first-order valence-electron chi connectivity index (χ1n) is 5.31. The van der Waals surface area contributed by atoms with Crippen LogP contribution >= 0.6 is 0 Å². The fourth-order valence-corrected chi connectivity index (χ4v) is 1.60. The van der Waals surface area contributed by atoms with E-state index < -0.39 is 4.92 Å². The van der Waals surface area contributed by atoms with Crippen molar-refractivity contribution < 1.29 is 10.0 Å². The van der Waals surface area contributed by atoms with Crippen molar-refractivity contribution in [3.63, 3.8) is 0 Å². The summed E-state index contributed by atoms with van der Waals surface area (Å²) < 4.78 is 1.30. The smallest absolute Gasteiger partial charge is 0.295 e. The Morgan fingerprint density at radius 2 is 2.06 bits per heavy atom. The molecule has 1 heterocycles. The molecule has 0 spiro atoms. The molecule has 1 N–H and O–H groups in total. The van der Waals surface area contributed by atoms with Gasteiger partial charge in [-0.15, -0.1) is 5.10 Å². The lowest BCUT2D eigenvalue weighted by molar-refractivity contribution is -0.384. The van der Waals surface area contributed by atoms with Crippen molar-refractivity contribution in [2.45, 2.75) is 20.5 Å². The summed E-state index contributed by atoms with van der Waals surface area (Å²) in [5, 5.41) is 27.4. The number of rotatable bonds is 3. The van der Waals surface area contributed by atoms with Crippen molar-refractivity contribution in [3.8, 4) is 5.69 Å². The van der Waals surface area contributed by atoms with Gasteiger partial charge in [0, 0.05) is 6.07 Å². The average Bonchev–Trinajstić information content (AvgIpc) is 2.80. The maximum atomic E-state index is 11.0. The maximum absolute atomic E-state index is 11.0. The maximum Gasteiger partial charge on any atom is 0.295 e. The highest BCUT2D eigenvalue weighted by molar-refractivity contribution is 5.56. The number of aromatic nitrogens is 3. The molecule has 7 nitrogen and oxygen atoms in total. The van der Waals surface area contributed by atoms with E-state index in [2.05, 4.69) is 10.3 Å². The average molecular weight is 248 g/mol. The van der Waals surface area contributed by atoms with E-state index in [9.17, 15) is 10.1 Å². The summed E-state index contributed by atoms with van der Waals surface area (Å²) in [5.74, 6) is 0. The van der Waals surface area contributed by atoms with E-state index in [0.717, 1.165) is 11.1 Å². The highest BCUT2D eigenvalue weighted by atomic mass is 16.6. The Balaban J connectivity index is 2.61. The predicted molar refractivity (Wildman–Crippen MR) is 63.4 cm³/mol. The van der Waals surface area contributed by atoms with Gasteiger partial charge in [-0.3, -0.25) is 10.1 Å². The minimum Gasteiger partial charge on any atom is -0.390 e. The van der Waals surface area contributed by atoms with Gasteiger partial charge < -0.3 is 5.11 Å². The van der Waals surface area contributed by atoms with Gasteiger partial charge in [-0.2, -0.15) is 0 Å². The Bertz CT molecular complexity index is 606. The van der Waals surface area contributed by atoms with Gasteiger partial charge in [0.15, 0.2) is 0 Å². The van der Waals surface area contributed by atoms with Gasteiger partial charge in [-0.1, -0.05) is 5.21 Å². The number of benzene rings is 1. The van der Waals surface area contributed by atoms with Crippen LogP contribution in [0.3, 0.4) is 0 Å². The second kappa shape index (κ2) is 4.53. The molecule has 0 fully saturated rings. The molecule has 0 unspecified atom stereocenters. The van der Waals surface area contributed by atoms with Gasteiger partial charge in [-0.25, -0.2) is 4.68 Å². The first-order chi connectivity index (χ1) is 8.52. The van der Waals surface area contributed by atoms with E-state index in [1.54, 1.807) is 6.07 Å². The Morgan fingerprint density at radius 3 is 2.61 bits per heavy atom. The lowest BCUT2D eigenvalue weighted by Crippen LogP contribution is -2.02. The molecule has 2 rings (SSSR count). The Labute approximate surface area is 103 Å². The molecule has 0 bridgehead atoms. The normalized spacial score (nSPS) is 10.6. The van der Waals surface area contributed by atoms with Crippen molar-refractivity contribution in [2.24, 2.45) is 0 Å². The Kier molecular flexibility index (Phi) is 3.07. The molecule has 0 atom stereocenters. The third kappa shape index (κ3) is 2.07. The molecule has 0 saturated heterocycles. The minimum atomic E-state index is -0.456. The molecule has 94 valence electrons. The fourth-order valence-electron chi connectivity index (χ4n) is 1.60. The molecule has 0 aliphatic rings. The summed E-state index contributed by atoms with van der Waals surface area (Å²) in [5.41, 5.74) is 2.44. The summed E-state index contributed by atoms with van der Waals surface area (Å²) in [6.45, 7) is 3.43. The molecule has 0 saturated carbocycles. The van der Waals surface area contributed by atoms with Crippen molar-refractivity contribution in [3.05, 3.63) is 45.3 Å². The van der Waals surface area contributed by atoms with Crippen LogP contribution in [-0.4, -0.2) is 25.0 Å². The number of nitrogens with zero attached hydrogens (tertiary/aromatic N) is 4. The van der Waals surface area contributed by atoms with Crippen molar-refractivity contribution in [1.29, 1.82) is 0 Å². The Hall–Kier alpha value is -2.28. The fraction of sp³-hybridized carbons (Fsp3) is 0.273. The third-order valence-corrected chi connectivity index (χ3v) is 2.74. The van der Waals surface area contributed by atoms with Gasteiger partial charge in [0.05, 0.1) is 17.7 Å². The summed E-state index contributed by atoms with van der Waals surface area (Å²) in [6.07, 6.45) is 1.47. The van der Waals surface area contributed by atoms with Gasteiger partial charge in [0.25, 0.3) is 5.69 Å². The number of hydrogen-bond donors (Lipinski definition) is 1. The third-order valence-electron chi connectivity index (χ3n) is 2.74. The van der Waals surface area contributed by atoms with Crippen LogP contribution in [0.25, 0.3) is 5.69 Å². The Morgan fingerprint density at radius 1 is 1.39 bits per heavy atom. The van der Waals surface area contributed by atoms with Crippen LogP contribution in [0, 0.1) is 24.0 Å². The number of aliphatic hydroxyl groups is 1. The van der Waals surface area contributed by atoms with Crippen molar-refractivity contribution in [1.82, 2.24) is 15.0 Å². The largest absolute Gasteiger partial charge is 0.390 e. The molecule has 0 aliphatic carbocycles. The summed E-state index contributed by atoms with van der Waals surface area (Å²) in [4.78, 5) is 10.6. The van der Waals surface area contributed by atoms with Crippen LogP contribution in [0.4, 0.5) is 5.69 Å². The predicted octanol–water partition coefficient (Wildman–Crippen LogP) is 1.28. The number of aliphatic hydroxyl groups excluding tert-OH is 1. The zero-order valence-corrected chi connectivity index (χ0v) is 9.99. The van der Waals surface area contributed by atoms with Gasteiger partial charge in [0.1, 0.15) is 11.4 Å². The molecule has 2 aromatic rings. The van der Waals surface area contributed by atoms with E-state index in [1.165, 1.54) is 16.9 Å². The first-order valence-corrected chi connectivity index (χ1v) is 5.31. The lowest BCUT2D eigenvalue weighted by atomic mass is 10.1. The van der Waals surface area contributed by atoms with Crippen molar-refractivity contribution >= 4 is 5.69 Å². The van der Waals surface area contributed by atoms with Crippen molar-refractivity contribution in [2.75, 3.05) is 0 Å². The first kappa shape index (κ1) is 12.2. The molecule has 1 aromatic heterocycles. The summed E-state index contributed by atoms with van der Waals surface area (Å²) in [6, 6.07) is 3.19. The van der Waals surface area contributed by atoms with E-state index >= 15 is 0 Å². The second-order valence-electron chi connectivity index (χ2n) is 3.99. The number of hydrogen-bond acceptors (Lipinski definition) is 5. The molecule has 0 aliphatic heterocycles. The molecule has 0 radical (unpaired) electrons. The molecule has 7 heteroatoms. The SMILES string of the molecule is Cc1cc(-n2cc(CO)nn2)c([N+](=O)[O-])cc1C. The molecular weight excluding hydrogens is 236 g/mol. The van der Waals surface area contributed by atoms with E-state index in [0.29, 0.717) is 11.4 Å². The summed E-state index contributed by atoms with van der Waals surface area (Å²) >= 11 is 0. The molecule has 0 amide bonds. The standard InChI is InChI=1S/C11H12N4O3/c1-7-3-10(11(15(17)18)4-8(7)2)14-5-9(6-16)12-13-14/h3-5,16H,6H2,1-2H3. The number of aryl methyl sites for hydroxylation is 2. The van der Waals surface area contributed by atoms with E-state index in [-0.39, 0.29) is 12.3 Å².